The predicted octanol–water partition coefficient (Wildman–Crippen LogP) is 2.89. The highest BCUT2D eigenvalue weighted by atomic mass is 32.2. The van der Waals surface area contributed by atoms with E-state index in [-0.39, 0.29) is 29.2 Å². The smallest absolute Gasteiger partial charge is 0.237 e. The number of carbonyl (C=O) groups is 1. The van der Waals surface area contributed by atoms with Crippen molar-refractivity contribution in [3.8, 4) is 5.69 Å². The molecule has 0 N–H and O–H groups in total. The van der Waals surface area contributed by atoms with Crippen LogP contribution in [0.1, 0.15) is 12.0 Å². The van der Waals surface area contributed by atoms with E-state index in [0.717, 1.165) is 11.3 Å². The van der Waals surface area contributed by atoms with Crippen molar-refractivity contribution in [1.82, 2.24) is 14.8 Å². The van der Waals surface area contributed by atoms with Crippen LogP contribution in [0.4, 0.5) is 5.69 Å². The molecule has 1 amide bonds. The molecule has 3 aromatic rings. The minimum absolute atomic E-state index is 0.00229. The maximum absolute atomic E-state index is 13.2. The van der Waals surface area contributed by atoms with E-state index in [1.807, 2.05) is 66.1 Å². The molecule has 1 aromatic heterocycles. The average Bonchev–Trinajstić information content (AvgIpc) is 3.34. The van der Waals surface area contributed by atoms with Crippen LogP contribution in [0.2, 0.25) is 0 Å². The van der Waals surface area contributed by atoms with Crippen LogP contribution in [0.25, 0.3) is 5.69 Å². The zero-order chi connectivity index (χ0) is 21.1. The molecule has 7 nitrogen and oxygen atoms in total. The first-order valence-corrected chi connectivity index (χ1v) is 12.4. The van der Waals surface area contributed by atoms with Crippen LogP contribution in [0, 0.1) is 6.92 Å². The van der Waals surface area contributed by atoms with Crippen molar-refractivity contribution >= 4 is 33.2 Å². The molecule has 30 heavy (non-hydrogen) atoms. The summed E-state index contributed by atoms with van der Waals surface area (Å²) in [5, 5.41) is 8.79. The average molecular weight is 443 g/mol. The maximum Gasteiger partial charge on any atom is 0.237 e. The Bertz CT molecular complexity index is 1150. The molecule has 1 atom stereocenters. The zero-order valence-corrected chi connectivity index (χ0v) is 18.1. The molecule has 9 heteroatoms. The minimum Gasteiger partial charge on any atom is -0.308 e. The van der Waals surface area contributed by atoms with E-state index in [2.05, 4.69) is 10.2 Å². The van der Waals surface area contributed by atoms with Crippen molar-refractivity contribution in [3.63, 3.8) is 0 Å². The highest BCUT2D eigenvalue weighted by molar-refractivity contribution is 7.99. The first-order chi connectivity index (χ1) is 14.4. The lowest BCUT2D eigenvalue weighted by Gasteiger charge is -2.28. The fourth-order valence-electron chi connectivity index (χ4n) is 3.64. The number of anilines is 1. The summed E-state index contributed by atoms with van der Waals surface area (Å²) in [6.07, 6.45) is 2.08. The molecule has 1 aliphatic heterocycles. The number of sulfone groups is 1. The van der Waals surface area contributed by atoms with Gasteiger partial charge in [0.05, 0.1) is 29.0 Å². The Morgan fingerprint density at radius 2 is 1.90 bits per heavy atom. The van der Waals surface area contributed by atoms with Crippen LogP contribution in [0.15, 0.2) is 66.1 Å². The SMILES string of the molecule is Cc1ccccc1-n1cnnc1SCC(=O)N(c1ccccc1)C1CCS(=O)(=O)C1. The van der Waals surface area contributed by atoms with E-state index in [1.54, 1.807) is 11.2 Å². The summed E-state index contributed by atoms with van der Waals surface area (Å²) >= 11 is 1.30. The number of para-hydroxylation sites is 2. The van der Waals surface area contributed by atoms with Gasteiger partial charge in [-0.2, -0.15) is 0 Å². The van der Waals surface area contributed by atoms with Gasteiger partial charge in [-0.15, -0.1) is 10.2 Å². The first-order valence-electron chi connectivity index (χ1n) is 9.61. The molecule has 0 spiro atoms. The van der Waals surface area contributed by atoms with Gasteiger partial charge in [0.1, 0.15) is 6.33 Å². The van der Waals surface area contributed by atoms with Crippen LogP contribution in [-0.4, -0.2) is 52.4 Å². The highest BCUT2D eigenvalue weighted by Crippen LogP contribution is 2.27. The first kappa shape index (κ1) is 20.6. The number of hydrogen-bond acceptors (Lipinski definition) is 6. The standard InChI is InChI=1S/C21H22N4O3S2/c1-16-7-5-6-10-19(16)24-15-22-23-21(24)29-13-20(26)25(17-8-3-2-4-9-17)18-11-12-30(27,28)14-18/h2-10,15,18H,11-14H2,1H3. The van der Waals surface area contributed by atoms with E-state index < -0.39 is 9.84 Å². The van der Waals surface area contributed by atoms with E-state index in [0.29, 0.717) is 17.3 Å². The number of thioether (sulfide) groups is 1. The van der Waals surface area contributed by atoms with Gasteiger partial charge in [-0.05, 0) is 37.1 Å². The van der Waals surface area contributed by atoms with Gasteiger partial charge in [-0.1, -0.05) is 48.2 Å². The van der Waals surface area contributed by atoms with Crippen molar-refractivity contribution in [2.45, 2.75) is 24.5 Å². The van der Waals surface area contributed by atoms with Gasteiger partial charge in [-0.3, -0.25) is 9.36 Å². The monoisotopic (exact) mass is 442 g/mol. The quantitative estimate of drug-likeness (QED) is 0.546. The summed E-state index contributed by atoms with van der Waals surface area (Å²) in [7, 11) is -3.11. The topological polar surface area (TPSA) is 85.2 Å². The number of rotatable bonds is 6. The lowest BCUT2D eigenvalue weighted by Crippen LogP contribution is -2.42. The molecule has 1 unspecified atom stereocenters. The lowest BCUT2D eigenvalue weighted by molar-refractivity contribution is -0.116. The molecule has 1 saturated heterocycles. The van der Waals surface area contributed by atoms with E-state index in [4.69, 9.17) is 0 Å². The Morgan fingerprint density at radius 3 is 2.60 bits per heavy atom. The van der Waals surface area contributed by atoms with Gasteiger partial charge in [0, 0.05) is 5.69 Å². The summed E-state index contributed by atoms with van der Waals surface area (Å²) in [5.41, 5.74) is 2.75. The minimum atomic E-state index is -3.11. The largest absolute Gasteiger partial charge is 0.308 e. The van der Waals surface area contributed by atoms with Crippen LogP contribution in [0.5, 0.6) is 0 Å². The van der Waals surface area contributed by atoms with Gasteiger partial charge < -0.3 is 4.90 Å². The van der Waals surface area contributed by atoms with Gasteiger partial charge in [0.15, 0.2) is 15.0 Å². The van der Waals surface area contributed by atoms with E-state index in [9.17, 15) is 13.2 Å². The van der Waals surface area contributed by atoms with Crippen LogP contribution in [0.3, 0.4) is 0 Å². The van der Waals surface area contributed by atoms with Gasteiger partial charge in [-0.25, -0.2) is 8.42 Å². The van der Waals surface area contributed by atoms with Crippen LogP contribution in [-0.2, 0) is 14.6 Å². The fourth-order valence-corrected chi connectivity index (χ4v) is 6.12. The van der Waals surface area contributed by atoms with Crippen LogP contribution < -0.4 is 4.90 Å². The van der Waals surface area contributed by atoms with Crippen molar-refractivity contribution in [1.29, 1.82) is 0 Å². The Morgan fingerprint density at radius 1 is 1.17 bits per heavy atom. The van der Waals surface area contributed by atoms with Gasteiger partial charge in [0.2, 0.25) is 5.91 Å². The Hall–Kier alpha value is -2.65. The molecule has 0 saturated carbocycles. The zero-order valence-electron chi connectivity index (χ0n) is 16.5. The number of carbonyl (C=O) groups excluding carboxylic acids is 1. The normalized spacial score (nSPS) is 17.7. The molecule has 1 aliphatic rings. The molecule has 0 radical (unpaired) electrons. The van der Waals surface area contributed by atoms with E-state index >= 15 is 0 Å². The number of aromatic nitrogens is 3. The third-order valence-electron chi connectivity index (χ3n) is 5.09. The Labute approximate surface area is 180 Å². The highest BCUT2D eigenvalue weighted by Gasteiger charge is 2.35. The Kier molecular flexibility index (Phi) is 5.92. The summed E-state index contributed by atoms with van der Waals surface area (Å²) in [5.74, 6) is 0.101. The van der Waals surface area contributed by atoms with Gasteiger partial charge in [0.25, 0.3) is 0 Å². The number of benzene rings is 2. The molecule has 156 valence electrons. The second-order valence-electron chi connectivity index (χ2n) is 7.21. The molecule has 1 fully saturated rings. The third-order valence-corrected chi connectivity index (χ3v) is 7.77. The summed E-state index contributed by atoms with van der Waals surface area (Å²) in [6, 6.07) is 16.8. The lowest BCUT2D eigenvalue weighted by atomic mass is 10.2. The second-order valence-corrected chi connectivity index (χ2v) is 10.4. The molecular formula is C21H22N4O3S2. The summed E-state index contributed by atoms with van der Waals surface area (Å²) < 4.78 is 25.9. The second kappa shape index (κ2) is 8.61. The summed E-state index contributed by atoms with van der Waals surface area (Å²) in [4.78, 5) is 14.8. The van der Waals surface area contributed by atoms with E-state index in [1.165, 1.54) is 11.8 Å². The molecule has 0 aliphatic carbocycles. The van der Waals surface area contributed by atoms with Gasteiger partial charge >= 0.3 is 0 Å². The van der Waals surface area contributed by atoms with Crippen molar-refractivity contribution < 1.29 is 13.2 Å². The van der Waals surface area contributed by atoms with Crippen molar-refractivity contribution in [2.75, 3.05) is 22.2 Å². The number of aryl methyl sites for hydroxylation is 1. The maximum atomic E-state index is 13.2. The molecule has 2 aromatic carbocycles. The number of hydrogen-bond donors (Lipinski definition) is 0. The fraction of sp³-hybridized carbons (Fsp3) is 0.286. The molecule has 0 bridgehead atoms. The molecule has 2 heterocycles. The Balaban J connectivity index is 1.55. The molecular weight excluding hydrogens is 420 g/mol. The predicted molar refractivity (Wildman–Crippen MR) is 118 cm³/mol. The van der Waals surface area contributed by atoms with Crippen molar-refractivity contribution in [2.24, 2.45) is 0 Å². The molecule has 4 rings (SSSR count). The van der Waals surface area contributed by atoms with Crippen molar-refractivity contribution in [3.05, 3.63) is 66.5 Å². The number of amides is 1. The summed E-state index contributed by atoms with van der Waals surface area (Å²) in [6.45, 7) is 2.01. The van der Waals surface area contributed by atoms with Crippen LogP contribution >= 0.6 is 11.8 Å². The third kappa shape index (κ3) is 4.41. The number of nitrogens with zero attached hydrogens (tertiary/aromatic N) is 4.